The van der Waals surface area contributed by atoms with Crippen molar-refractivity contribution in [3.63, 3.8) is 0 Å². The largest absolute Gasteiger partial charge is 0.475 e. The number of benzene rings is 2. The summed E-state index contributed by atoms with van der Waals surface area (Å²) in [6, 6.07) is 17.0. The van der Waals surface area contributed by atoms with Crippen molar-refractivity contribution in [2.45, 2.75) is 6.92 Å². The number of aromatic nitrogens is 2. The highest BCUT2D eigenvalue weighted by Gasteiger charge is 2.05. The third kappa shape index (κ3) is 4.63. The number of carbonyl (C=O) groups is 1. The van der Waals surface area contributed by atoms with Gasteiger partial charge >= 0.3 is 0 Å². The molecule has 3 rings (SSSR count). The summed E-state index contributed by atoms with van der Waals surface area (Å²) in [5.41, 5.74) is 3.33. The molecule has 0 saturated carbocycles. The van der Waals surface area contributed by atoms with E-state index in [0.717, 1.165) is 11.3 Å². The first-order valence-electron chi connectivity index (χ1n) is 8.19. The van der Waals surface area contributed by atoms with Crippen LogP contribution in [0, 0.1) is 12.7 Å². The van der Waals surface area contributed by atoms with Gasteiger partial charge < -0.3 is 10.1 Å². The van der Waals surface area contributed by atoms with Crippen molar-refractivity contribution in [2.24, 2.45) is 0 Å². The van der Waals surface area contributed by atoms with Crippen LogP contribution in [0.2, 0.25) is 0 Å². The molecule has 0 bridgehead atoms. The van der Waals surface area contributed by atoms with Gasteiger partial charge in [0, 0.05) is 17.2 Å². The zero-order chi connectivity index (χ0) is 18.4. The number of hydrogen-bond acceptors (Lipinski definition) is 4. The molecule has 1 heterocycles. The zero-order valence-electron chi connectivity index (χ0n) is 14.3. The first-order chi connectivity index (χ1) is 12.6. The molecule has 0 aliphatic rings. The standard InChI is InChI=1S/C20H18FN3O2/c1-14-2-4-15(5-3-14)18-10-11-19(24-23-18)26-13-12-22-20(25)16-6-8-17(21)9-7-16/h2-11H,12-13H2,1H3,(H,22,25). The summed E-state index contributed by atoms with van der Waals surface area (Å²) < 4.78 is 18.3. The molecule has 132 valence electrons. The van der Waals surface area contributed by atoms with Crippen molar-refractivity contribution in [3.05, 3.63) is 77.6 Å². The number of rotatable bonds is 6. The average Bonchev–Trinajstić information content (AvgIpc) is 2.67. The molecule has 1 amide bonds. The van der Waals surface area contributed by atoms with E-state index in [1.165, 1.54) is 29.8 Å². The summed E-state index contributed by atoms with van der Waals surface area (Å²) in [5.74, 6) is -0.274. The highest BCUT2D eigenvalue weighted by Crippen LogP contribution is 2.18. The van der Waals surface area contributed by atoms with Crippen molar-refractivity contribution in [1.29, 1.82) is 0 Å². The van der Waals surface area contributed by atoms with Crippen LogP contribution in [-0.2, 0) is 0 Å². The molecule has 0 aliphatic heterocycles. The summed E-state index contributed by atoms with van der Waals surface area (Å²) in [7, 11) is 0. The van der Waals surface area contributed by atoms with Crippen LogP contribution >= 0.6 is 0 Å². The van der Waals surface area contributed by atoms with Crippen LogP contribution in [0.5, 0.6) is 5.88 Å². The number of hydrogen-bond donors (Lipinski definition) is 1. The summed E-state index contributed by atoms with van der Waals surface area (Å²) in [6.45, 7) is 2.59. The Morgan fingerprint density at radius 3 is 2.38 bits per heavy atom. The minimum atomic E-state index is -0.377. The van der Waals surface area contributed by atoms with Gasteiger partial charge in [-0.3, -0.25) is 4.79 Å². The SMILES string of the molecule is Cc1ccc(-c2ccc(OCCNC(=O)c3ccc(F)cc3)nn2)cc1. The van der Waals surface area contributed by atoms with Crippen molar-refractivity contribution >= 4 is 5.91 Å². The predicted molar refractivity (Wildman–Crippen MR) is 96.4 cm³/mol. The Labute approximate surface area is 150 Å². The molecular formula is C20H18FN3O2. The van der Waals surface area contributed by atoms with E-state index in [9.17, 15) is 9.18 Å². The van der Waals surface area contributed by atoms with Gasteiger partial charge in [-0.05, 0) is 37.3 Å². The van der Waals surface area contributed by atoms with E-state index in [4.69, 9.17) is 4.74 Å². The summed E-state index contributed by atoms with van der Waals surface area (Å²) in [5, 5.41) is 10.9. The lowest BCUT2D eigenvalue weighted by atomic mass is 10.1. The summed E-state index contributed by atoms with van der Waals surface area (Å²) in [6.07, 6.45) is 0. The minimum absolute atomic E-state index is 0.255. The van der Waals surface area contributed by atoms with E-state index in [1.54, 1.807) is 6.07 Å². The third-order valence-corrected chi connectivity index (χ3v) is 3.73. The number of nitrogens with zero attached hydrogens (tertiary/aromatic N) is 2. The number of amides is 1. The van der Waals surface area contributed by atoms with Gasteiger partial charge in [-0.15, -0.1) is 10.2 Å². The second kappa shape index (κ2) is 8.20. The molecule has 0 atom stereocenters. The Kier molecular flexibility index (Phi) is 5.53. The van der Waals surface area contributed by atoms with Crippen molar-refractivity contribution in [2.75, 3.05) is 13.2 Å². The Bertz CT molecular complexity index is 863. The summed E-state index contributed by atoms with van der Waals surface area (Å²) in [4.78, 5) is 11.9. The van der Waals surface area contributed by atoms with E-state index < -0.39 is 0 Å². The molecule has 0 aliphatic carbocycles. The lowest BCUT2D eigenvalue weighted by Crippen LogP contribution is -2.28. The molecule has 0 spiro atoms. The fourth-order valence-corrected chi connectivity index (χ4v) is 2.30. The van der Waals surface area contributed by atoms with Gasteiger partial charge in [0.1, 0.15) is 12.4 Å². The monoisotopic (exact) mass is 351 g/mol. The van der Waals surface area contributed by atoms with Gasteiger partial charge in [-0.25, -0.2) is 4.39 Å². The van der Waals surface area contributed by atoms with Crippen molar-refractivity contribution < 1.29 is 13.9 Å². The number of halogens is 1. The molecule has 3 aromatic rings. The molecule has 5 nitrogen and oxygen atoms in total. The van der Waals surface area contributed by atoms with Crippen molar-refractivity contribution in [3.8, 4) is 17.1 Å². The van der Waals surface area contributed by atoms with Crippen LogP contribution in [-0.4, -0.2) is 29.3 Å². The second-order valence-electron chi connectivity index (χ2n) is 5.73. The second-order valence-corrected chi connectivity index (χ2v) is 5.73. The van der Waals surface area contributed by atoms with Crippen LogP contribution in [0.1, 0.15) is 15.9 Å². The van der Waals surface area contributed by atoms with Gasteiger partial charge in [0.05, 0.1) is 12.2 Å². The molecule has 2 aromatic carbocycles. The number of nitrogens with one attached hydrogen (secondary N) is 1. The predicted octanol–water partition coefficient (Wildman–Crippen LogP) is 3.40. The molecule has 0 fully saturated rings. The highest BCUT2D eigenvalue weighted by atomic mass is 19.1. The van der Waals surface area contributed by atoms with E-state index in [-0.39, 0.29) is 18.3 Å². The normalized spacial score (nSPS) is 10.4. The lowest BCUT2D eigenvalue weighted by Gasteiger charge is -2.07. The highest BCUT2D eigenvalue weighted by molar-refractivity contribution is 5.94. The van der Waals surface area contributed by atoms with Gasteiger partial charge in [0.2, 0.25) is 5.88 Å². The van der Waals surface area contributed by atoms with Crippen LogP contribution < -0.4 is 10.1 Å². The molecular weight excluding hydrogens is 333 g/mol. The molecule has 6 heteroatoms. The molecule has 0 saturated heterocycles. The summed E-state index contributed by atoms with van der Waals surface area (Å²) >= 11 is 0. The first kappa shape index (κ1) is 17.5. The van der Waals surface area contributed by atoms with E-state index in [2.05, 4.69) is 15.5 Å². The maximum atomic E-state index is 12.8. The smallest absolute Gasteiger partial charge is 0.251 e. The van der Waals surface area contributed by atoms with E-state index in [0.29, 0.717) is 18.0 Å². The number of ether oxygens (including phenoxy) is 1. The van der Waals surface area contributed by atoms with Crippen LogP contribution in [0.3, 0.4) is 0 Å². The minimum Gasteiger partial charge on any atom is -0.475 e. The van der Waals surface area contributed by atoms with Crippen LogP contribution in [0.15, 0.2) is 60.7 Å². The fourth-order valence-electron chi connectivity index (χ4n) is 2.30. The van der Waals surface area contributed by atoms with Crippen LogP contribution in [0.4, 0.5) is 4.39 Å². The quantitative estimate of drug-likeness (QED) is 0.692. The van der Waals surface area contributed by atoms with Crippen LogP contribution in [0.25, 0.3) is 11.3 Å². The maximum absolute atomic E-state index is 12.8. The molecule has 0 radical (unpaired) electrons. The number of aryl methyl sites for hydroxylation is 1. The van der Waals surface area contributed by atoms with Crippen molar-refractivity contribution in [1.82, 2.24) is 15.5 Å². The zero-order valence-corrected chi connectivity index (χ0v) is 14.3. The van der Waals surface area contributed by atoms with E-state index in [1.807, 2.05) is 37.3 Å². The molecule has 26 heavy (non-hydrogen) atoms. The Morgan fingerprint density at radius 2 is 1.73 bits per heavy atom. The lowest BCUT2D eigenvalue weighted by molar-refractivity contribution is 0.0946. The Balaban J connectivity index is 1.47. The Hall–Kier alpha value is -3.28. The van der Waals surface area contributed by atoms with Gasteiger partial charge in [-0.1, -0.05) is 29.8 Å². The third-order valence-electron chi connectivity index (χ3n) is 3.73. The fraction of sp³-hybridized carbons (Fsp3) is 0.150. The average molecular weight is 351 g/mol. The topological polar surface area (TPSA) is 64.1 Å². The van der Waals surface area contributed by atoms with Gasteiger partial charge in [0.25, 0.3) is 5.91 Å². The van der Waals surface area contributed by atoms with Gasteiger partial charge in [-0.2, -0.15) is 0 Å². The molecule has 1 N–H and O–H groups in total. The van der Waals surface area contributed by atoms with Gasteiger partial charge in [0.15, 0.2) is 0 Å². The first-order valence-corrected chi connectivity index (χ1v) is 8.19. The molecule has 1 aromatic heterocycles. The Morgan fingerprint density at radius 1 is 1.00 bits per heavy atom. The number of carbonyl (C=O) groups excluding carboxylic acids is 1. The molecule has 0 unspecified atom stereocenters. The van der Waals surface area contributed by atoms with E-state index >= 15 is 0 Å². The maximum Gasteiger partial charge on any atom is 0.251 e.